The summed E-state index contributed by atoms with van der Waals surface area (Å²) in [5.41, 5.74) is 5.40. The lowest BCUT2D eigenvalue weighted by Crippen LogP contribution is -2.50. The molecule has 0 atom stereocenters. The van der Waals surface area contributed by atoms with E-state index in [0.717, 1.165) is 0 Å². The molecule has 1 aliphatic heterocycles. The number of nitrogens with one attached hydrogen (secondary N) is 1. The van der Waals surface area contributed by atoms with Gasteiger partial charge in [-0.25, -0.2) is 9.78 Å². The van der Waals surface area contributed by atoms with Crippen molar-refractivity contribution < 1.29 is 14.3 Å². The number of nitrogen functional groups attached to an aromatic ring is 1. The van der Waals surface area contributed by atoms with E-state index in [1.165, 1.54) is 17.2 Å². The van der Waals surface area contributed by atoms with Crippen molar-refractivity contribution in [2.24, 2.45) is 0 Å². The molecule has 1 aromatic heterocycles. The van der Waals surface area contributed by atoms with Crippen LogP contribution in [0.1, 0.15) is 0 Å². The van der Waals surface area contributed by atoms with E-state index in [4.69, 9.17) is 10.5 Å². The van der Waals surface area contributed by atoms with Crippen LogP contribution in [0.4, 0.5) is 10.6 Å². The summed E-state index contributed by atoms with van der Waals surface area (Å²) in [5, 5.41) is 2.62. The molecule has 0 saturated carbocycles. The van der Waals surface area contributed by atoms with Crippen LogP contribution in [-0.2, 0) is 4.79 Å². The van der Waals surface area contributed by atoms with Gasteiger partial charge in [-0.3, -0.25) is 9.69 Å². The predicted octanol–water partition coefficient (Wildman–Crippen LogP) is -0.406. The molecule has 1 aliphatic rings. The van der Waals surface area contributed by atoms with E-state index in [1.807, 2.05) is 0 Å². The largest absolute Gasteiger partial charge is 0.415 e. The zero-order valence-electron chi connectivity index (χ0n) is 9.05. The zero-order chi connectivity index (χ0) is 12.3. The number of hydrogen-bond acceptors (Lipinski definition) is 5. The number of nitrogens with zero attached hydrogens (tertiary/aromatic N) is 2. The highest BCUT2D eigenvalue weighted by Gasteiger charge is 2.22. The standard InChI is InChI=1S/C10H12N4O3/c11-8-2-1-7(5-13-8)17-10(16)14-4-3-12-9(15)6-14/h1-2,5H,3-4,6H2,(H2,11,13)(H,12,15). The first kappa shape index (κ1) is 11.2. The Morgan fingerprint density at radius 3 is 3.00 bits per heavy atom. The SMILES string of the molecule is Nc1ccc(OC(=O)N2CCNC(=O)C2)cn1. The number of rotatable bonds is 1. The average molecular weight is 236 g/mol. The van der Waals surface area contributed by atoms with Gasteiger partial charge in [0.05, 0.1) is 6.20 Å². The molecule has 2 rings (SSSR count). The number of hydrogen-bond donors (Lipinski definition) is 2. The van der Waals surface area contributed by atoms with Gasteiger partial charge in [0, 0.05) is 13.1 Å². The third-order valence-electron chi connectivity index (χ3n) is 2.26. The van der Waals surface area contributed by atoms with E-state index >= 15 is 0 Å². The summed E-state index contributed by atoms with van der Waals surface area (Å²) >= 11 is 0. The molecule has 0 unspecified atom stereocenters. The molecule has 1 fully saturated rings. The number of carbonyl (C=O) groups is 2. The third-order valence-corrected chi connectivity index (χ3v) is 2.26. The molecule has 2 heterocycles. The molecule has 7 heteroatoms. The Bertz CT molecular complexity index is 432. The van der Waals surface area contributed by atoms with Crippen LogP contribution in [-0.4, -0.2) is 41.5 Å². The first-order valence-electron chi connectivity index (χ1n) is 5.10. The summed E-state index contributed by atoms with van der Waals surface area (Å²) in [6, 6.07) is 3.08. The Morgan fingerprint density at radius 1 is 1.53 bits per heavy atom. The molecule has 0 bridgehead atoms. The second kappa shape index (κ2) is 4.69. The van der Waals surface area contributed by atoms with Crippen molar-refractivity contribution in [1.29, 1.82) is 0 Å². The van der Waals surface area contributed by atoms with Gasteiger partial charge in [0.25, 0.3) is 0 Å². The lowest BCUT2D eigenvalue weighted by Gasteiger charge is -2.25. The minimum Gasteiger partial charge on any atom is -0.409 e. The number of ether oxygens (including phenoxy) is 1. The smallest absolute Gasteiger partial charge is 0.409 e. The minimum absolute atomic E-state index is 0.0151. The van der Waals surface area contributed by atoms with E-state index in [2.05, 4.69) is 10.3 Å². The fraction of sp³-hybridized carbons (Fsp3) is 0.300. The fourth-order valence-electron chi connectivity index (χ4n) is 1.41. The maximum atomic E-state index is 11.7. The summed E-state index contributed by atoms with van der Waals surface area (Å²) in [6.07, 6.45) is 0.795. The van der Waals surface area contributed by atoms with Crippen LogP contribution in [0.2, 0.25) is 0 Å². The van der Waals surface area contributed by atoms with Gasteiger partial charge in [-0.2, -0.15) is 0 Å². The van der Waals surface area contributed by atoms with Crippen LogP contribution < -0.4 is 15.8 Å². The van der Waals surface area contributed by atoms with Crippen molar-refractivity contribution in [3.8, 4) is 5.75 Å². The number of amides is 2. The lowest BCUT2D eigenvalue weighted by atomic mass is 10.4. The molecule has 90 valence electrons. The Labute approximate surface area is 97.6 Å². The summed E-state index contributed by atoms with van der Waals surface area (Å²) in [5.74, 6) is 0.459. The van der Waals surface area contributed by atoms with E-state index < -0.39 is 6.09 Å². The van der Waals surface area contributed by atoms with E-state index in [1.54, 1.807) is 6.07 Å². The van der Waals surface area contributed by atoms with Gasteiger partial charge >= 0.3 is 6.09 Å². The van der Waals surface area contributed by atoms with Gasteiger partial charge in [0.15, 0.2) is 5.75 Å². The Hall–Kier alpha value is -2.31. The summed E-state index contributed by atoms with van der Waals surface area (Å²) in [6.45, 7) is 0.891. The molecule has 0 radical (unpaired) electrons. The van der Waals surface area contributed by atoms with Crippen LogP contribution in [0.25, 0.3) is 0 Å². The maximum Gasteiger partial charge on any atom is 0.415 e. The molecule has 1 aromatic rings. The van der Waals surface area contributed by atoms with Crippen LogP contribution in [0.5, 0.6) is 5.75 Å². The highest BCUT2D eigenvalue weighted by molar-refractivity contribution is 5.83. The average Bonchev–Trinajstić information content (AvgIpc) is 2.32. The lowest BCUT2D eigenvalue weighted by molar-refractivity contribution is -0.123. The van der Waals surface area contributed by atoms with E-state index in [-0.39, 0.29) is 12.5 Å². The monoisotopic (exact) mass is 236 g/mol. The predicted molar refractivity (Wildman–Crippen MR) is 59.3 cm³/mol. The van der Waals surface area contributed by atoms with Crippen LogP contribution >= 0.6 is 0 Å². The van der Waals surface area contributed by atoms with Crippen molar-refractivity contribution >= 4 is 17.8 Å². The number of carbonyl (C=O) groups excluding carboxylic acids is 2. The van der Waals surface area contributed by atoms with Gasteiger partial charge in [-0.05, 0) is 12.1 Å². The van der Waals surface area contributed by atoms with Gasteiger partial charge in [0.1, 0.15) is 12.4 Å². The van der Waals surface area contributed by atoms with E-state index in [0.29, 0.717) is 24.7 Å². The van der Waals surface area contributed by atoms with Gasteiger partial charge in [0.2, 0.25) is 5.91 Å². The second-order valence-corrected chi connectivity index (χ2v) is 3.56. The Morgan fingerprint density at radius 2 is 2.35 bits per heavy atom. The Kier molecular flexibility index (Phi) is 3.08. The van der Waals surface area contributed by atoms with Crippen molar-refractivity contribution in [2.75, 3.05) is 25.4 Å². The molecule has 3 N–H and O–H groups in total. The molecular weight excluding hydrogens is 224 g/mol. The molecule has 2 amide bonds. The summed E-state index contributed by atoms with van der Waals surface area (Å²) in [7, 11) is 0. The highest BCUT2D eigenvalue weighted by Crippen LogP contribution is 2.11. The third kappa shape index (κ3) is 2.83. The van der Waals surface area contributed by atoms with E-state index in [9.17, 15) is 9.59 Å². The highest BCUT2D eigenvalue weighted by atomic mass is 16.6. The molecule has 1 saturated heterocycles. The summed E-state index contributed by atoms with van der Waals surface area (Å²) in [4.78, 5) is 27.9. The maximum absolute atomic E-state index is 11.7. The molecule has 0 aromatic carbocycles. The number of piperazine rings is 1. The molecule has 7 nitrogen and oxygen atoms in total. The van der Waals surface area contributed by atoms with Gasteiger partial charge in [-0.1, -0.05) is 0 Å². The van der Waals surface area contributed by atoms with Crippen molar-refractivity contribution in [3.05, 3.63) is 18.3 Å². The summed E-state index contributed by atoms with van der Waals surface area (Å²) < 4.78 is 5.05. The number of pyridine rings is 1. The molecular formula is C10H12N4O3. The van der Waals surface area contributed by atoms with Crippen LogP contribution in [0, 0.1) is 0 Å². The molecule has 0 spiro atoms. The van der Waals surface area contributed by atoms with Crippen LogP contribution in [0.15, 0.2) is 18.3 Å². The number of nitrogens with two attached hydrogens (primary N) is 1. The number of anilines is 1. The minimum atomic E-state index is -0.563. The Balaban J connectivity index is 1.96. The quantitative estimate of drug-likeness (QED) is 0.691. The zero-order valence-corrected chi connectivity index (χ0v) is 9.05. The fourth-order valence-corrected chi connectivity index (χ4v) is 1.41. The van der Waals surface area contributed by atoms with Crippen molar-refractivity contribution in [2.45, 2.75) is 0 Å². The first-order chi connectivity index (χ1) is 8.15. The number of aromatic nitrogens is 1. The van der Waals surface area contributed by atoms with Crippen LogP contribution in [0.3, 0.4) is 0 Å². The van der Waals surface area contributed by atoms with Gasteiger partial charge < -0.3 is 15.8 Å². The van der Waals surface area contributed by atoms with Crippen molar-refractivity contribution in [3.63, 3.8) is 0 Å². The first-order valence-corrected chi connectivity index (χ1v) is 5.10. The molecule has 17 heavy (non-hydrogen) atoms. The van der Waals surface area contributed by atoms with Crippen molar-refractivity contribution in [1.82, 2.24) is 15.2 Å². The molecule has 0 aliphatic carbocycles. The van der Waals surface area contributed by atoms with Gasteiger partial charge in [-0.15, -0.1) is 0 Å². The topological polar surface area (TPSA) is 97.5 Å². The normalized spacial score (nSPS) is 15.3. The second-order valence-electron chi connectivity index (χ2n) is 3.56.